The van der Waals surface area contributed by atoms with Gasteiger partial charge in [-0.3, -0.25) is 4.79 Å². The summed E-state index contributed by atoms with van der Waals surface area (Å²) in [5.74, 6) is 0.726. The molecule has 9 heteroatoms. The molecule has 42 heavy (non-hydrogen) atoms. The fraction of sp³-hybridized carbons (Fsp3) is 0.364. The van der Waals surface area contributed by atoms with Gasteiger partial charge in [-0.2, -0.15) is 4.98 Å². The lowest BCUT2D eigenvalue weighted by Gasteiger charge is -2.16. The summed E-state index contributed by atoms with van der Waals surface area (Å²) in [7, 11) is 1.37. The van der Waals surface area contributed by atoms with Gasteiger partial charge < -0.3 is 14.0 Å². The maximum Gasteiger partial charge on any atom is 0.341 e. The molecule has 0 saturated heterocycles. The summed E-state index contributed by atoms with van der Waals surface area (Å²) >= 11 is 1.50. The van der Waals surface area contributed by atoms with Crippen LogP contribution in [0, 0.1) is 6.92 Å². The van der Waals surface area contributed by atoms with Gasteiger partial charge >= 0.3 is 5.97 Å². The first-order valence-corrected chi connectivity index (χ1v) is 15.3. The highest BCUT2D eigenvalue weighted by Crippen LogP contribution is 2.25. The predicted molar refractivity (Wildman–Crippen MR) is 165 cm³/mol. The summed E-state index contributed by atoms with van der Waals surface area (Å²) < 4.78 is 13.0. The summed E-state index contributed by atoms with van der Waals surface area (Å²) in [4.78, 5) is 38.4. The third kappa shape index (κ3) is 9.01. The first-order valence-electron chi connectivity index (χ1n) is 14.3. The highest BCUT2D eigenvalue weighted by molar-refractivity contribution is 7.98. The summed E-state index contributed by atoms with van der Waals surface area (Å²) in [5.41, 5.74) is 4.67. The number of benzene rings is 2. The quantitative estimate of drug-likeness (QED) is 0.0683. The van der Waals surface area contributed by atoms with E-state index in [-0.39, 0.29) is 5.56 Å². The number of rotatable bonds is 15. The molecule has 0 aliphatic rings. The molecule has 0 saturated carbocycles. The molecule has 0 aliphatic heterocycles. The van der Waals surface area contributed by atoms with E-state index in [4.69, 9.17) is 9.47 Å². The lowest BCUT2D eigenvalue weighted by atomic mass is 10.1. The van der Waals surface area contributed by atoms with E-state index in [1.54, 1.807) is 18.5 Å². The second-order valence-corrected chi connectivity index (χ2v) is 11.2. The van der Waals surface area contributed by atoms with Crippen LogP contribution in [0.5, 0.6) is 5.75 Å². The minimum absolute atomic E-state index is 0.278. The zero-order chi connectivity index (χ0) is 29.7. The van der Waals surface area contributed by atoms with Crippen molar-refractivity contribution in [3.63, 3.8) is 0 Å². The number of hydrogen-bond acceptors (Lipinski definition) is 8. The molecule has 4 rings (SSSR count). The van der Waals surface area contributed by atoms with Crippen molar-refractivity contribution >= 4 is 17.7 Å². The number of carbonyl (C=O) groups is 1. The van der Waals surface area contributed by atoms with Gasteiger partial charge in [-0.05, 0) is 42.2 Å². The second-order valence-electron chi connectivity index (χ2n) is 10.3. The topological polar surface area (TPSA) is 96.2 Å². The minimum Gasteiger partial charge on any atom is -0.493 e. The van der Waals surface area contributed by atoms with E-state index < -0.39 is 5.97 Å². The molecule has 0 radical (unpaired) electrons. The number of aromatic nitrogens is 4. The van der Waals surface area contributed by atoms with Gasteiger partial charge in [0, 0.05) is 42.9 Å². The third-order valence-corrected chi connectivity index (χ3v) is 7.90. The van der Waals surface area contributed by atoms with Crippen LogP contribution in [0.2, 0.25) is 0 Å². The molecule has 2 aromatic heterocycles. The Balaban J connectivity index is 1.60. The van der Waals surface area contributed by atoms with Crippen molar-refractivity contribution in [2.45, 2.75) is 69.8 Å². The Morgan fingerprint density at radius 1 is 0.952 bits per heavy atom. The molecule has 4 aromatic rings. The smallest absolute Gasteiger partial charge is 0.341 e. The highest BCUT2D eigenvalue weighted by atomic mass is 32.2. The zero-order valence-electron chi connectivity index (χ0n) is 24.5. The fourth-order valence-electron chi connectivity index (χ4n) is 4.50. The third-order valence-electron chi connectivity index (χ3n) is 6.83. The molecule has 0 amide bonds. The van der Waals surface area contributed by atoms with Crippen molar-refractivity contribution < 1.29 is 14.3 Å². The van der Waals surface area contributed by atoms with Gasteiger partial charge in [0.2, 0.25) is 0 Å². The van der Waals surface area contributed by atoms with Gasteiger partial charge in [-0.1, -0.05) is 80.3 Å². The van der Waals surface area contributed by atoms with Crippen molar-refractivity contribution in [3.8, 4) is 5.75 Å². The lowest BCUT2D eigenvalue weighted by Crippen LogP contribution is -2.20. The molecule has 0 bridgehead atoms. The van der Waals surface area contributed by atoms with Crippen molar-refractivity contribution in [2.24, 2.45) is 0 Å². The molecular weight excluding hydrogens is 548 g/mol. The predicted octanol–water partition coefficient (Wildman–Crippen LogP) is 6.41. The number of carbonyl (C=O) groups excluding carboxylic acids is 1. The number of ether oxygens (including phenoxy) is 2. The van der Waals surface area contributed by atoms with Crippen LogP contribution < -0.4 is 10.3 Å². The number of nitrogens with zero attached hydrogens (tertiary/aromatic N) is 4. The number of methoxy groups -OCH3 is 1. The van der Waals surface area contributed by atoms with Crippen LogP contribution in [-0.4, -0.2) is 39.2 Å². The fourth-order valence-corrected chi connectivity index (χ4v) is 5.42. The van der Waals surface area contributed by atoms with Crippen molar-refractivity contribution in [2.75, 3.05) is 13.7 Å². The van der Waals surface area contributed by atoms with Crippen LogP contribution in [-0.2, 0) is 23.5 Å². The van der Waals surface area contributed by atoms with Crippen molar-refractivity contribution in [1.29, 1.82) is 0 Å². The lowest BCUT2D eigenvalue weighted by molar-refractivity contribution is 0.0595. The van der Waals surface area contributed by atoms with E-state index in [0.717, 1.165) is 29.5 Å². The number of unbranched alkanes of at least 4 members (excludes halogenated alkanes) is 4. The molecule has 0 spiro atoms. The zero-order valence-corrected chi connectivity index (χ0v) is 25.4. The van der Waals surface area contributed by atoms with Crippen LogP contribution >= 0.6 is 11.8 Å². The van der Waals surface area contributed by atoms with Gasteiger partial charge in [0.1, 0.15) is 17.6 Å². The minimum atomic E-state index is -0.449. The summed E-state index contributed by atoms with van der Waals surface area (Å²) in [6.45, 7) is 5.19. The summed E-state index contributed by atoms with van der Waals surface area (Å²) in [6, 6.07) is 13.9. The van der Waals surface area contributed by atoms with E-state index >= 15 is 0 Å². The van der Waals surface area contributed by atoms with Crippen molar-refractivity contribution in [3.05, 3.63) is 111 Å². The molecule has 0 aliphatic carbocycles. The first-order chi connectivity index (χ1) is 20.5. The van der Waals surface area contributed by atoms with E-state index in [2.05, 4.69) is 53.1 Å². The van der Waals surface area contributed by atoms with E-state index in [9.17, 15) is 9.59 Å². The van der Waals surface area contributed by atoms with Crippen LogP contribution in [0.1, 0.15) is 77.2 Å². The Morgan fingerprint density at radius 3 is 2.43 bits per heavy atom. The van der Waals surface area contributed by atoms with Gasteiger partial charge in [0.15, 0.2) is 5.16 Å². The van der Waals surface area contributed by atoms with Crippen LogP contribution in [0.4, 0.5) is 0 Å². The van der Waals surface area contributed by atoms with E-state index in [0.29, 0.717) is 47.4 Å². The average molecular weight is 587 g/mol. The Kier molecular flexibility index (Phi) is 11.7. The maximum atomic E-state index is 13.1. The monoisotopic (exact) mass is 586 g/mol. The number of aryl methyl sites for hydroxylation is 1. The summed E-state index contributed by atoms with van der Waals surface area (Å²) in [5, 5.41) is 0.598. The Bertz CT molecular complexity index is 1510. The second kappa shape index (κ2) is 15.9. The van der Waals surface area contributed by atoms with Crippen LogP contribution in [0.3, 0.4) is 0 Å². The normalized spacial score (nSPS) is 10.9. The largest absolute Gasteiger partial charge is 0.493 e. The van der Waals surface area contributed by atoms with Gasteiger partial charge in [-0.25, -0.2) is 14.8 Å². The van der Waals surface area contributed by atoms with Crippen LogP contribution in [0.25, 0.3) is 0 Å². The van der Waals surface area contributed by atoms with E-state index in [1.165, 1.54) is 50.0 Å². The highest BCUT2D eigenvalue weighted by Gasteiger charge is 2.16. The standard InChI is InChI=1S/C33H38N4O4S/c1-4-5-6-7-8-15-41-30-14-13-26(17-29(30)32(39)40-3)20-37-21-28(16-27-18-34-23-35-19-27)31(38)36-33(37)42-22-25-11-9-24(2)10-12-25/h9-14,17-19,21,23H,4-8,15-16,20,22H2,1-3H3. The summed E-state index contributed by atoms with van der Waals surface area (Å²) in [6.07, 6.45) is 12.7. The molecule has 0 N–H and O–H groups in total. The van der Waals surface area contributed by atoms with Crippen LogP contribution in [0.15, 0.2) is 77.3 Å². The number of esters is 1. The van der Waals surface area contributed by atoms with E-state index in [1.807, 2.05) is 22.9 Å². The number of thioether (sulfide) groups is 1. The van der Waals surface area contributed by atoms with Crippen molar-refractivity contribution in [1.82, 2.24) is 19.5 Å². The molecule has 2 aromatic carbocycles. The van der Waals surface area contributed by atoms with Gasteiger partial charge in [0.05, 0.1) is 13.7 Å². The molecular formula is C33H38N4O4S. The molecule has 0 unspecified atom stereocenters. The number of hydrogen-bond donors (Lipinski definition) is 0. The Labute approximate surface area is 251 Å². The van der Waals surface area contributed by atoms with Gasteiger partial charge in [0.25, 0.3) is 5.56 Å². The Morgan fingerprint density at radius 2 is 1.69 bits per heavy atom. The SMILES string of the molecule is CCCCCCCOc1ccc(Cn2cc(Cc3cncnc3)c(=O)nc2SCc2ccc(C)cc2)cc1C(=O)OC. The molecule has 2 heterocycles. The maximum absolute atomic E-state index is 13.1. The first kappa shape index (κ1) is 31.0. The molecule has 0 atom stereocenters. The Hall–Kier alpha value is -3.98. The average Bonchev–Trinajstić information content (AvgIpc) is 3.01. The molecule has 0 fully saturated rings. The molecule has 220 valence electrons. The molecule has 8 nitrogen and oxygen atoms in total. The van der Waals surface area contributed by atoms with Gasteiger partial charge in [-0.15, -0.1) is 0 Å².